The van der Waals surface area contributed by atoms with Crippen molar-refractivity contribution >= 4 is 45.1 Å². The van der Waals surface area contributed by atoms with Crippen LogP contribution in [0.4, 0.5) is 15.8 Å². The molecule has 11 heteroatoms. The number of carbonyl (C=O) groups excluding carboxylic acids is 2. The highest BCUT2D eigenvalue weighted by Crippen LogP contribution is 2.23. The van der Waals surface area contributed by atoms with Crippen molar-refractivity contribution in [2.45, 2.75) is 6.92 Å². The van der Waals surface area contributed by atoms with E-state index in [1.807, 2.05) is 0 Å². The maximum Gasteiger partial charge on any atom is 0.339 e. The molecule has 30 heavy (non-hydrogen) atoms. The predicted molar refractivity (Wildman–Crippen MR) is 112 cm³/mol. The van der Waals surface area contributed by atoms with Crippen LogP contribution in [-0.4, -0.2) is 51.8 Å². The second-order valence-electron chi connectivity index (χ2n) is 6.24. The van der Waals surface area contributed by atoms with Gasteiger partial charge in [0.1, 0.15) is 12.4 Å². The summed E-state index contributed by atoms with van der Waals surface area (Å²) in [5.74, 6) is -1.87. The van der Waals surface area contributed by atoms with Gasteiger partial charge in [-0.3, -0.25) is 4.79 Å². The molecule has 0 heterocycles. The molecule has 0 bridgehead atoms. The monoisotopic (exact) mass is 457 g/mol. The van der Waals surface area contributed by atoms with Crippen LogP contribution in [0.2, 0.25) is 5.02 Å². The zero-order valence-electron chi connectivity index (χ0n) is 16.6. The maximum atomic E-state index is 13.2. The molecule has 2 aromatic carbocycles. The quantitative estimate of drug-likeness (QED) is 0.615. The van der Waals surface area contributed by atoms with Crippen molar-refractivity contribution in [2.75, 3.05) is 36.9 Å². The van der Waals surface area contributed by atoms with E-state index in [2.05, 4.69) is 5.32 Å². The number of ether oxygens (including phenoxy) is 1. The Hall–Kier alpha value is -2.69. The predicted octanol–water partition coefficient (Wildman–Crippen LogP) is 2.91. The third-order valence-corrected chi connectivity index (χ3v) is 6.04. The first-order valence-corrected chi connectivity index (χ1v) is 10.6. The summed E-state index contributed by atoms with van der Waals surface area (Å²) < 4.78 is 45.3. The molecule has 1 N–H and O–H groups in total. The normalized spacial score (nSPS) is 11.3. The fourth-order valence-corrected chi connectivity index (χ4v) is 3.67. The Bertz CT molecular complexity index is 1030. The third kappa shape index (κ3) is 5.68. The number of hydrogen-bond donors (Lipinski definition) is 1. The number of halogens is 2. The number of anilines is 2. The molecule has 0 atom stereocenters. The fraction of sp³-hybridized carbons (Fsp3) is 0.263. The summed E-state index contributed by atoms with van der Waals surface area (Å²) in [6.07, 6.45) is 0. The average Bonchev–Trinajstić information content (AvgIpc) is 2.68. The molecule has 2 rings (SSSR count). The Morgan fingerprint density at radius 3 is 2.33 bits per heavy atom. The summed E-state index contributed by atoms with van der Waals surface area (Å²) in [6, 6.07) is 8.91. The van der Waals surface area contributed by atoms with Gasteiger partial charge in [-0.1, -0.05) is 11.6 Å². The Morgan fingerprint density at radius 2 is 1.77 bits per heavy atom. The molecule has 2 aromatic rings. The van der Waals surface area contributed by atoms with Crippen molar-refractivity contribution in [3.05, 3.63) is 58.9 Å². The highest BCUT2D eigenvalue weighted by Gasteiger charge is 2.27. The minimum Gasteiger partial charge on any atom is -0.462 e. The van der Waals surface area contributed by atoms with E-state index in [1.54, 1.807) is 6.92 Å². The Morgan fingerprint density at radius 1 is 1.13 bits per heavy atom. The van der Waals surface area contributed by atoms with Gasteiger partial charge >= 0.3 is 16.2 Å². The topological polar surface area (TPSA) is 96.0 Å². The Balaban J connectivity index is 2.27. The van der Waals surface area contributed by atoms with Gasteiger partial charge in [-0.25, -0.2) is 13.5 Å². The number of carbonyl (C=O) groups is 2. The lowest BCUT2D eigenvalue weighted by atomic mass is 10.2. The molecule has 0 fully saturated rings. The number of benzene rings is 2. The highest BCUT2D eigenvalue weighted by atomic mass is 35.5. The van der Waals surface area contributed by atoms with Crippen LogP contribution in [0, 0.1) is 5.82 Å². The summed E-state index contributed by atoms with van der Waals surface area (Å²) in [7, 11) is -1.41. The molecule has 0 spiro atoms. The van der Waals surface area contributed by atoms with E-state index in [4.69, 9.17) is 16.3 Å². The summed E-state index contributed by atoms with van der Waals surface area (Å²) >= 11 is 6.00. The molecule has 162 valence electrons. The minimum atomic E-state index is -4.04. The summed E-state index contributed by atoms with van der Waals surface area (Å²) in [5, 5.41) is 2.67. The van der Waals surface area contributed by atoms with Crippen LogP contribution < -0.4 is 9.62 Å². The van der Waals surface area contributed by atoms with Crippen molar-refractivity contribution in [3.63, 3.8) is 0 Å². The smallest absolute Gasteiger partial charge is 0.339 e. The molecule has 0 aliphatic rings. The SMILES string of the molecule is CCOC(=O)c1cc(NC(=O)CN(c2ccc(F)cc2)S(=O)(=O)N(C)C)ccc1Cl. The van der Waals surface area contributed by atoms with Crippen LogP contribution in [0.3, 0.4) is 0 Å². The van der Waals surface area contributed by atoms with E-state index < -0.39 is 34.4 Å². The van der Waals surface area contributed by atoms with Crippen molar-refractivity contribution in [2.24, 2.45) is 0 Å². The highest BCUT2D eigenvalue weighted by molar-refractivity contribution is 7.90. The number of rotatable bonds is 8. The second kappa shape index (κ2) is 9.88. The first-order valence-electron chi connectivity index (χ1n) is 8.78. The van der Waals surface area contributed by atoms with Crippen LogP contribution in [-0.2, 0) is 19.7 Å². The Labute approximate surface area is 179 Å². The molecule has 0 aliphatic carbocycles. The fourth-order valence-electron chi connectivity index (χ4n) is 2.41. The number of amides is 1. The summed E-state index contributed by atoms with van der Waals surface area (Å²) in [6.45, 7) is 1.22. The Kier molecular flexibility index (Phi) is 7.77. The first kappa shape index (κ1) is 23.6. The van der Waals surface area contributed by atoms with E-state index in [0.717, 1.165) is 20.7 Å². The largest absolute Gasteiger partial charge is 0.462 e. The van der Waals surface area contributed by atoms with Gasteiger partial charge in [0.05, 0.1) is 22.9 Å². The molecule has 1 amide bonds. The number of nitrogens with one attached hydrogen (secondary N) is 1. The number of nitrogens with zero attached hydrogens (tertiary/aromatic N) is 2. The molecule has 0 saturated heterocycles. The van der Waals surface area contributed by atoms with Gasteiger partial charge < -0.3 is 10.1 Å². The van der Waals surface area contributed by atoms with Gasteiger partial charge in [0.25, 0.3) is 0 Å². The van der Waals surface area contributed by atoms with Gasteiger partial charge in [-0.05, 0) is 49.4 Å². The van der Waals surface area contributed by atoms with Crippen LogP contribution in [0.5, 0.6) is 0 Å². The zero-order chi connectivity index (χ0) is 22.5. The lowest BCUT2D eigenvalue weighted by Gasteiger charge is -2.27. The summed E-state index contributed by atoms with van der Waals surface area (Å²) in [4.78, 5) is 24.5. The standard InChI is InChI=1S/C19H21ClFN3O5S/c1-4-29-19(26)16-11-14(7-10-17(16)20)22-18(25)12-24(30(27,28)23(2)3)15-8-5-13(21)6-9-15/h5-11H,4,12H2,1-3H3,(H,22,25). The van der Waals surface area contributed by atoms with Crippen LogP contribution in [0.25, 0.3) is 0 Å². The van der Waals surface area contributed by atoms with E-state index in [9.17, 15) is 22.4 Å². The van der Waals surface area contributed by atoms with E-state index in [0.29, 0.717) is 0 Å². The van der Waals surface area contributed by atoms with Gasteiger partial charge in [0.2, 0.25) is 5.91 Å². The molecule has 0 saturated carbocycles. The molecular weight excluding hydrogens is 437 g/mol. The van der Waals surface area contributed by atoms with E-state index >= 15 is 0 Å². The number of hydrogen-bond acceptors (Lipinski definition) is 5. The lowest BCUT2D eigenvalue weighted by Crippen LogP contribution is -2.44. The second-order valence-corrected chi connectivity index (χ2v) is 8.71. The van der Waals surface area contributed by atoms with Crippen molar-refractivity contribution in [1.82, 2.24) is 4.31 Å². The van der Waals surface area contributed by atoms with Crippen LogP contribution >= 0.6 is 11.6 Å². The van der Waals surface area contributed by atoms with Gasteiger partial charge in [0.15, 0.2) is 0 Å². The zero-order valence-corrected chi connectivity index (χ0v) is 18.1. The number of esters is 1. The van der Waals surface area contributed by atoms with Crippen LogP contribution in [0.1, 0.15) is 17.3 Å². The average molecular weight is 458 g/mol. The molecule has 0 unspecified atom stereocenters. The van der Waals surface area contributed by atoms with E-state index in [1.165, 1.54) is 44.4 Å². The van der Waals surface area contributed by atoms with Crippen LogP contribution in [0.15, 0.2) is 42.5 Å². The molecule has 8 nitrogen and oxygen atoms in total. The minimum absolute atomic E-state index is 0.0626. The first-order chi connectivity index (χ1) is 14.1. The third-order valence-electron chi connectivity index (χ3n) is 3.89. The molecule has 0 radical (unpaired) electrons. The molecule has 0 aromatic heterocycles. The lowest BCUT2D eigenvalue weighted by molar-refractivity contribution is -0.114. The molecular formula is C19H21ClFN3O5S. The molecule has 0 aliphatic heterocycles. The van der Waals surface area contributed by atoms with Gasteiger partial charge in [-0.15, -0.1) is 0 Å². The summed E-state index contributed by atoms with van der Waals surface area (Å²) in [5.41, 5.74) is 0.407. The van der Waals surface area contributed by atoms with Crippen molar-refractivity contribution in [3.8, 4) is 0 Å². The maximum absolute atomic E-state index is 13.2. The van der Waals surface area contributed by atoms with Gasteiger partial charge in [0, 0.05) is 19.8 Å². The van der Waals surface area contributed by atoms with Gasteiger partial charge in [-0.2, -0.15) is 12.7 Å². The van der Waals surface area contributed by atoms with E-state index in [-0.39, 0.29) is 28.6 Å². The van der Waals surface area contributed by atoms with Crippen molar-refractivity contribution < 1.29 is 27.1 Å². The van der Waals surface area contributed by atoms with Crippen molar-refractivity contribution in [1.29, 1.82) is 0 Å².